The van der Waals surface area contributed by atoms with Gasteiger partial charge in [-0.15, -0.1) is 45.3 Å². The molecule has 0 bridgehead atoms. The van der Waals surface area contributed by atoms with Crippen molar-refractivity contribution in [1.82, 2.24) is 4.98 Å². The molecule has 6 aromatic rings. The molecule has 7 rings (SSSR count). The summed E-state index contributed by atoms with van der Waals surface area (Å²) >= 11 is 6.76. The van der Waals surface area contributed by atoms with Crippen LogP contribution in [0.1, 0.15) is 4.88 Å². The highest BCUT2D eigenvalue weighted by molar-refractivity contribution is 7.29. The number of aromatic hydroxyl groups is 1. The quantitative estimate of drug-likeness (QED) is 0.328. The van der Waals surface area contributed by atoms with E-state index in [4.69, 9.17) is 0 Å². The van der Waals surface area contributed by atoms with Crippen LogP contribution in [0.15, 0.2) is 52.2 Å². The third kappa shape index (κ3) is 2.31. The van der Waals surface area contributed by atoms with Gasteiger partial charge in [0.2, 0.25) is 0 Å². The van der Waals surface area contributed by atoms with Crippen LogP contribution >= 0.6 is 45.3 Å². The molecule has 146 valence electrons. The molecule has 5 aromatic heterocycles. The van der Waals surface area contributed by atoms with Gasteiger partial charge in [0.25, 0.3) is 0 Å². The number of benzene rings is 1. The van der Waals surface area contributed by atoms with Crippen LogP contribution < -0.4 is 10.6 Å². The van der Waals surface area contributed by atoms with Gasteiger partial charge in [0.15, 0.2) is 12.1 Å². The molecular weight excluding hydrogens is 453 g/mol. The summed E-state index contributed by atoms with van der Waals surface area (Å²) in [6, 6.07) is 12.5. The number of aliphatic hydroxyl groups is 1. The Morgan fingerprint density at radius 3 is 2.30 bits per heavy atom. The van der Waals surface area contributed by atoms with Gasteiger partial charge in [0.1, 0.15) is 0 Å². The summed E-state index contributed by atoms with van der Waals surface area (Å²) in [5, 5.41) is 28.2. The average molecular weight is 465 g/mol. The summed E-state index contributed by atoms with van der Waals surface area (Å²) in [4.78, 5) is 9.74. The number of hydrogen-bond acceptors (Lipinski definition) is 7. The first kappa shape index (κ1) is 17.2. The maximum Gasteiger partial charge on any atom is 0.198 e. The van der Waals surface area contributed by atoms with Gasteiger partial charge in [0, 0.05) is 50.2 Å². The molecule has 1 aliphatic heterocycles. The highest BCUT2D eigenvalue weighted by Crippen LogP contribution is 2.43. The van der Waals surface area contributed by atoms with Crippen molar-refractivity contribution >= 4 is 80.6 Å². The Hall–Kier alpha value is -2.49. The van der Waals surface area contributed by atoms with Crippen molar-refractivity contribution in [2.75, 3.05) is 0 Å². The third-order valence-electron chi connectivity index (χ3n) is 5.50. The highest BCUT2D eigenvalue weighted by Gasteiger charge is 2.23. The van der Waals surface area contributed by atoms with Gasteiger partial charge < -0.3 is 15.2 Å². The molecule has 8 heteroatoms. The number of aliphatic hydroxyl groups excluding tert-OH is 1. The standard InChI is InChI=1S/C22H12N2O2S4/c25-21-19(17-7-15-13(29-17)1-3-27-15)9-5-12-10(6-11(9)23-21)20(22(26)24-12)18-8-16-14(30-18)2-4-28-16/h1-8,21,24-26H. The smallest absolute Gasteiger partial charge is 0.198 e. The van der Waals surface area contributed by atoms with Gasteiger partial charge in [0.05, 0.1) is 10.9 Å². The molecule has 6 heterocycles. The van der Waals surface area contributed by atoms with Crippen molar-refractivity contribution in [3.63, 3.8) is 0 Å². The molecule has 4 nitrogen and oxygen atoms in total. The number of thiophene rings is 4. The van der Waals surface area contributed by atoms with Crippen LogP contribution in [0.4, 0.5) is 0 Å². The lowest BCUT2D eigenvalue weighted by atomic mass is 10.1. The zero-order chi connectivity index (χ0) is 20.0. The van der Waals surface area contributed by atoms with Gasteiger partial charge in [-0.3, -0.25) is 0 Å². The van der Waals surface area contributed by atoms with E-state index in [9.17, 15) is 10.2 Å². The summed E-state index contributed by atoms with van der Waals surface area (Å²) in [6.07, 6.45) is -0.872. The minimum atomic E-state index is -0.872. The van der Waals surface area contributed by atoms with E-state index in [1.807, 2.05) is 12.1 Å². The van der Waals surface area contributed by atoms with Gasteiger partial charge in [-0.05, 0) is 47.2 Å². The van der Waals surface area contributed by atoms with Crippen molar-refractivity contribution < 1.29 is 10.2 Å². The second-order valence-electron chi connectivity index (χ2n) is 7.20. The van der Waals surface area contributed by atoms with Gasteiger partial charge in [-0.1, -0.05) is 0 Å². The predicted octanol–water partition coefficient (Wildman–Crippen LogP) is 5.24. The van der Waals surface area contributed by atoms with Crippen LogP contribution in [0.25, 0.3) is 45.7 Å². The summed E-state index contributed by atoms with van der Waals surface area (Å²) in [5.41, 5.74) is 2.49. The van der Waals surface area contributed by atoms with E-state index in [2.05, 4.69) is 45.0 Å². The zero-order valence-corrected chi connectivity index (χ0v) is 18.4. The van der Waals surface area contributed by atoms with Crippen LogP contribution in [0.5, 0.6) is 5.88 Å². The highest BCUT2D eigenvalue weighted by atomic mass is 32.1. The van der Waals surface area contributed by atoms with Crippen molar-refractivity contribution in [2.45, 2.75) is 6.23 Å². The van der Waals surface area contributed by atoms with Crippen molar-refractivity contribution in [3.8, 4) is 16.3 Å². The SMILES string of the molecule is Oc1[nH]c2cc3c(cc2c1-c1cc2sccc2s1)=NC(O)C=3c1cc2sccc2s1. The second kappa shape index (κ2) is 6.03. The summed E-state index contributed by atoms with van der Waals surface area (Å²) in [6.45, 7) is 0. The van der Waals surface area contributed by atoms with E-state index in [0.717, 1.165) is 42.4 Å². The number of aromatic amines is 1. The molecule has 1 unspecified atom stereocenters. The van der Waals surface area contributed by atoms with Gasteiger partial charge >= 0.3 is 0 Å². The number of H-pyrrole nitrogens is 1. The number of nitrogens with one attached hydrogen (secondary N) is 1. The van der Waals surface area contributed by atoms with Crippen LogP contribution in [0.2, 0.25) is 0 Å². The van der Waals surface area contributed by atoms with Crippen molar-refractivity contribution in [3.05, 3.63) is 62.6 Å². The Morgan fingerprint density at radius 2 is 1.57 bits per heavy atom. The van der Waals surface area contributed by atoms with Crippen LogP contribution in [0.3, 0.4) is 0 Å². The molecule has 0 radical (unpaired) electrons. The molecule has 1 atom stereocenters. The molecule has 1 aliphatic rings. The Morgan fingerprint density at radius 1 is 0.867 bits per heavy atom. The van der Waals surface area contributed by atoms with Gasteiger partial charge in [-0.25, -0.2) is 4.99 Å². The Kier molecular flexibility index (Phi) is 3.46. The number of aromatic nitrogens is 1. The van der Waals surface area contributed by atoms with Crippen LogP contribution in [-0.2, 0) is 0 Å². The lowest BCUT2D eigenvalue weighted by molar-refractivity contribution is 0.242. The largest absolute Gasteiger partial charge is 0.494 e. The molecule has 0 spiro atoms. The first-order chi connectivity index (χ1) is 14.7. The molecule has 1 aromatic carbocycles. The van der Waals surface area contributed by atoms with E-state index >= 15 is 0 Å². The van der Waals surface area contributed by atoms with E-state index < -0.39 is 6.23 Å². The predicted molar refractivity (Wildman–Crippen MR) is 128 cm³/mol. The van der Waals surface area contributed by atoms with Crippen LogP contribution in [0, 0.1) is 0 Å². The fraction of sp³-hybridized carbons (Fsp3) is 0.0455. The lowest BCUT2D eigenvalue weighted by Crippen LogP contribution is -2.23. The van der Waals surface area contributed by atoms with Crippen molar-refractivity contribution in [1.29, 1.82) is 0 Å². The molecule has 0 fully saturated rings. The Labute approximate surface area is 185 Å². The molecule has 0 saturated heterocycles. The molecule has 30 heavy (non-hydrogen) atoms. The van der Waals surface area contributed by atoms with Gasteiger partial charge in [-0.2, -0.15) is 0 Å². The minimum absolute atomic E-state index is 0.168. The topological polar surface area (TPSA) is 68.6 Å². The minimum Gasteiger partial charge on any atom is -0.494 e. The summed E-state index contributed by atoms with van der Waals surface area (Å²) < 4.78 is 4.89. The van der Waals surface area contributed by atoms with E-state index in [-0.39, 0.29) is 5.88 Å². The van der Waals surface area contributed by atoms with Crippen molar-refractivity contribution in [2.24, 2.45) is 4.99 Å². The maximum atomic E-state index is 10.7. The first-order valence-electron chi connectivity index (χ1n) is 9.25. The molecular formula is C22H12N2O2S4. The zero-order valence-electron chi connectivity index (χ0n) is 15.2. The first-order valence-corrected chi connectivity index (χ1v) is 12.6. The number of nitrogens with zero attached hydrogens (tertiary/aromatic N) is 1. The molecule has 0 amide bonds. The third-order valence-corrected chi connectivity index (χ3v) is 9.73. The molecule has 0 saturated carbocycles. The lowest BCUT2D eigenvalue weighted by Gasteiger charge is -2.03. The van der Waals surface area contributed by atoms with E-state index in [1.165, 1.54) is 18.8 Å². The molecule has 3 N–H and O–H groups in total. The number of rotatable bonds is 2. The number of hydrogen-bond donors (Lipinski definition) is 3. The maximum absolute atomic E-state index is 10.7. The Bertz CT molecular complexity index is 1690. The summed E-state index contributed by atoms with van der Waals surface area (Å²) in [5.74, 6) is 0.168. The van der Waals surface area contributed by atoms with E-state index in [1.54, 1.807) is 45.3 Å². The Balaban J connectivity index is 1.50. The molecule has 0 aliphatic carbocycles. The average Bonchev–Trinajstić information content (AvgIpc) is 3.47. The second-order valence-corrected chi connectivity index (χ2v) is 11.3. The fourth-order valence-electron chi connectivity index (χ4n) is 4.17. The van der Waals surface area contributed by atoms with E-state index in [0.29, 0.717) is 0 Å². The van der Waals surface area contributed by atoms with Crippen LogP contribution in [-0.4, -0.2) is 21.4 Å². The monoisotopic (exact) mass is 464 g/mol. The normalized spacial score (nSPS) is 16.2. The fourth-order valence-corrected chi connectivity index (χ4v) is 8.53. The summed E-state index contributed by atoms with van der Waals surface area (Å²) in [7, 11) is 0. The number of fused-ring (bicyclic) bond motifs is 4.